The molecule has 0 atom stereocenters. The van der Waals surface area contributed by atoms with Crippen molar-refractivity contribution in [3.63, 3.8) is 0 Å². The van der Waals surface area contributed by atoms with Gasteiger partial charge in [0.1, 0.15) is 0 Å². The molecule has 4 rings (SSSR count). The van der Waals surface area contributed by atoms with Gasteiger partial charge in [0.2, 0.25) is 11.9 Å². The number of aromatic nitrogens is 5. The van der Waals surface area contributed by atoms with Crippen LogP contribution in [0, 0.1) is 0 Å². The molecule has 0 bridgehead atoms. The molecule has 0 aliphatic rings. The number of rotatable bonds is 7. The van der Waals surface area contributed by atoms with Gasteiger partial charge in [-0.15, -0.1) is 5.10 Å². The lowest BCUT2D eigenvalue weighted by Gasteiger charge is -2.08. The summed E-state index contributed by atoms with van der Waals surface area (Å²) in [6, 6.07) is 14.5. The Morgan fingerprint density at radius 1 is 1.03 bits per heavy atom. The molecule has 0 spiro atoms. The largest absolute Gasteiger partial charge is 0.354 e. The predicted molar refractivity (Wildman–Crippen MR) is 109 cm³/mol. The fraction of sp³-hybridized carbons (Fsp3) is 0.150. The zero-order chi connectivity index (χ0) is 20.1. The van der Waals surface area contributed by atoms with Crippen molar-refractivity contribution in [3.8, 4) is 0 Å². The number of nitrogens with zero attached hydrogens (tertiary/aromatic N) is 5. The Kier molecular flexibility index (Phi) is 5.28. The number of hydrogen-bond acceptors (Lipinski definition) is 6. The summed E-state index contributed by atoms with van der Waals surface area (Å²) in [4.78, 5) is 32.7. The third-order valence-electron chi connectivity index (χ3n) is 4.23. The van der Waals surface area contributed by atoms with E-state index >= 15 is 0 Å². The van der Waals surface area contributed by atoms with Gasteiger partial charge in [0.25, 0.3) is 0 Å². The number of benzene rings is 1. The van der Waals surface area contributed by atoms with Gasteiger partial charge in [-0.05, 0) is 35.9 Å². The molecule has 0 saturated carbocycles. The zero-order valence-electron chi connectivity index (χ0n) is 15.5. The van der Waals surface area contributed by atoms with Gasteiger partial charge in [0.15, 0.2) is 5.65 Å². The average molecular weight is 389 g/mol. The molecule has 2 N–H and O–H groups in total. The lowest BCUT2D eigenvalue weighted by atomic mass is 10.2. The van der Waals surface area contributed by atoms with Gasteiger partial charge in [0.05, 0.1) is 6.54 Å². The molecule has 0 fully saturated rings. The summed E-state index contributed by atoms with van der Waals surface area (Å²) in [5, 5.41) is 10.2. The molecular formula is C20H19N7O2. The van der Waals surface area contributed by atoms with E-state index in [0.29, 0.717) is 30.4 Å². The Hall–Kier alpha value is -4.01. The molecule has 1 aromatic carbocycles. The topological polar surface area (TPSA) is 106 Å². The molecule has 0 aliphatic carbocycles. The van der Waals surface area contributed by atoms with E-state index in [2.05, 4.69) is 25.7 Å². The SMILES string of the molecule is O=C(CCNc1ncccn1)Nc1cccc(Cn2nc3ccccn3c2=O)c1. The van der Waals surface area contributed by atoms with Crippen LogP contribution in [0.2, 0.25) is 0 Å². The van der Waals surface area contributed by atoms with Gasteiger partial charge in [-0.2, -0.15) is 0 Å². The van der Waals surface area contributed by atoms with Crippen LogP contribution < -0.4 is 16.3 Å². The van der Waals surface area contributed by atoms with E-state index in [4.69, 9.17) is 0 Å². The fourth-order valence-corrected chi connectivity index (χ4v) is 2.89. The first-order chi connectivity index (χ1) is 14.2. The number of anilines is 2. The number of nitrogens with one attached hydrogen (secondary N) is 2. The van der Waals surface area contributed by atoms with E-state index in [-0.39, 0.29) is 18.0 Å². The molecular weight excluding hydrogens is 370 g/mol. The Morgan fingerprint density at radius 3 is 2.72 bits per heavy atom. The Labute approximate surface area is 166 Å². The Balaban J connectivity index is 1.37. The number of amides is 1. The zero-order valence-corrected chi connectivity index (χ0v) is 15.5. The molecule has 0 radical (unpaired) electrons. The second kappa shape index (κ2) is 8.34. The first kappa shape index (κ1) is 18.4. The van der Waals surface area contributed by atoms with Crippen LogP contribution in [-0.2, 0) is 11.3 Å². The molecule has 9 heteroatoms. The molecule has 29 heavy (non-hydrogen) atoms. The van der Waals surface area contributed by atoms with Crippen LogP contribution in [0.1, 0.15) is 12.0 Å². The Bertz CT molecular complexity index is 1180. The number of carbonyl (C=O) groups excluding carboxylic acids is 1. The van der Waals surface area contributed by atoms with Crippen molar-refractivity contribution in [1.29, 1.82) is 0 Å². The highest BCUT2D eigenvalue weighted by Crippen LogP contribution is 2.12. The molecule has 0 unspecified atom stereocenters. The molecule has 3 heterocycles. The van der Waals surface area contributed by atoms with Gasteiger partial charge in [-0.1, -0.05) is 18.2 Å². The maximum absolute atomic E-state index is 12.4. The third kappa shape index (κ3) is 4.46. The number of hydrogen-bond donors (Lipinski definition) is 2. The molecule has 9 nitrogen and oxygen atoms in total. The number of carbonyl (C=O) groups is 1. The van der Waals surface area contributed by atoms with Gasteiger partial charge >= 0.3 is 5.69 Å². The van der Waals surface area contributed by atoms with Gasteiger partial charge in [0, 0.05) is 37.2 Å². The molecule has 4 aromatic rings. The van der Waals surface area contributed by atoms with Crippen LogP contribution in [0.25, 0.3) is 5.65 Å². The lowest BCUT2D eigenvalue weighted by molar-refractivity contribution is -0.115. The minimum atomic E-state index is -0.204. The molecule has 0 saturated heterocycles. The summed E-state index contributed by atoms with van der Waals surface area (Å²) in [5.41, 5.74) is 1.92. The van der Waals surface area contributed by atoms with Crippen LogP contribution in [0.3, 0.4) is 0 Å². The van der Waals surface area contributed by atoms with Gasteiger partial charge < -0.3 is 10.6 Å². The lowest BCUT2D eigenvalue weighted by Crippen LogP contribution is -2.21. The second-order valence-electron chi connectivity index (χ2n) is 6.37. The van der Waals surface area contributed by atoms with E-state index in [0.717, 1.165) is 5.56 Å². The standard InChI is InChI=1S/C20H19N7O2/c28-18(8-11-23-19-21-9-4-10-22-19)24-16-6-3-5-15(13-16)14-27-20(29)26-12-2-1-7-17(26)25-27/h1-7,9-10,12-13H,8,11,14H2,(H,24,28)(H,21,22,23). The van der Waals surface area contributed by atoms with Crippen LogP contribution in [-0.4, -0.2) is 36.6 Å². The minimum Gasteiger partial charge on any atom is -0.354 e. The fourth-order valence-electron chi connectivity index (χ4n) is 2.89. The van der Waals surface area contributed by atoms with Crippen LogP contribution >= 0.6 is 0 Å². The quantitative estimate of drug-likeness (QED) is 0.499. The smallest absolute Gasteiger partial charge is 0.350 e. The summed E-state index contributed by atoms with van der Waals surface area (Å²) in [7, 11) is 0. The summed E-state index contributed by atoms with van der Waals surface area (Å²) in [6.45, 7) is 0.739. The summed E-state index contributed by atoms with van der Waals surface area (Å²) in [5.74, 6) is 0.357. The van der Waals surface area contributed by atoms with E-state index < -0.39 is 0 Å². The van der Waals surface area contributed by atoms with Crippen molar-refractivity contribution in [2.24, 2.45) is 0 Å². The number of fused-ring (bicyclic) bond motifs is 1. The van der Waals surface area contributed by atoms with Crippen molar-refractivity contribution in [1.82, 2.24) is 24.1 Å². The highest BCUT2D eigenvalue weighted by Gasteiger charge is 2.08. The summed E-state index contributed by atoms with van der Waals surface area (Å²) < 4.78 is 2.90. The monoisotopic (exact) mass is 389 g/mol. The second-order valence-corrected chi connectivity index (χ2v) is 6.37. The van der Waals surface area contributed by atoms with Crippen molar-refractivity contribution in [2.45, 2.75) is 13.0 Å². The van der Waals surface area contributed by atoms with Gasteiger partial charge in [-0.3, -0.25) is 9.20 Å². The minimum absolute atomic E-state index is 0.129. The van der Waals surface area contributed by atoms with Gasteiger partial charge in [-0.25, -0.2) is 19.4 Å². The maximum atomic E-state index is 12.4. The predicted octanol–water partition coefficient (Wildman–Crippen LogP) is 1.77. The molecule has 3 aromatic heterocycles. The number of pyridine rings is 1. The molecule has 146 valence electrons. The van der Waals surface area contributed by atoms with E-state index in [9.17, 15) is 9.59 Å². The van der Waals surface area contributed by atoms with Crippen molar-refractivity contribution in [2.75, 3.05) is 17.2 Å². The van der Waals surface area contributed by atoms with Crippen molar-refractivity contribution in [3.05, 3.63) is 83.2 Å². The normalized spacial score (nSPS) is 10.8. The average Bonchev–Trinajstić information content (AvgIpc) is 3.05. The van der Waals surface area contributed by atoms with Crippen molar-refractivity contribution < 1.29 is 4.79 Å². The van der Waals surface area contributed by atoms with Crippen molar-refractivity contribution >= 4 is 23.2 Å². The molecule has 1 amide bonds. The Morgan fingerprint density at radius 2 is 1.90 bits per heavy atom. The maximum Gasteiger partial charge on any atom is 0.350 e. The first-order valence-electron chi connectivity index (χ1n) is 9.13. The highest BCUT2D eigenvalue weighted by molar-refractivity contribution is 5.91. The van der Waals surface area contributed by atoms with Crippen LogP contribution in [0.15, 0.2) is 71.9 Å². The first-order valence-corrected chi connectivity index (χ1v) is 9.13. The summed E-state index contributed by atoms with van der Waals surface area (Å²) >= 11 is 0. The summed E-state index contributed by atoms with van der Waals surface area (Å²) in [6.07, 6.45) is 5.23. The van der Waals surface area contributed by atoms with Crippen LogP contribution in [0.5, 0.6) is 0 Å². The molecule has 0 aliphatic heterocycles. The highest BCUT2D eigenvalue weighted by atomic mass is 16.2. The van der Waals surface area contributed by atoms with E-state index in [1.807, 2.05) is 30.3 Å². The van der Waals surface area contributed by atoms with E-state index in [1.54, 1.807) is 36.8 Å². The third-order valence-corrected chi connectivity index (χ3v) is 4.23. The van der Waals surface area contributed by atoms with E-state index in [1.165, 1.54) is 9.08 Å². The van der Waals surface area contributed by atoms with Crippen LogP contribution in [0.4, 0.5) is 11.6 Å².